The van der Waals surface area contributed by atoms with Crippen molar-refractivity contribution in [2.75, 3.05) is 0 Å². The summed E-state index contributed by atoms with van der Waals surface area (Å²) in [4.78, 5) is 23.2. The van der Waals surface area contributed by atoms with Crippen LogP contribution >= 0.6 is 0 Å². The number of nitrogens with one attached hydrogen (secondary N) is 1. The molecule has 0 radical (unpaired) electrons. The predicted octanol–water partition coefficient (Wildman–Crippen LogP) is 2.29. The van der Waals surface area contributed by atoms with Crippen molar-refractivity contribution in [3.05, 3.63) is 35.4 Å². The zero-order chi connectivity index (χ0) is 14.6. The Balaban J connectivity index is 1.36. The Kier molecular flexibility index (Phi) is 2.81. The van der Waals surface area contributed by atoms with Crippen molar-refractivity contribution in [1.82, 2.24) is 5.32 Å². The molecule has 4 nitrogen and oxygen atoms in total. The van der Waals surface area contributed by atoms with Gasteiger partial charge in [-0.3, -0.25) is 4.79 Å². The average molecular weight is 285 g/mol. The van der Waals surface area contributed by atoms with E-state index in [0.717, 1.165) is 17.4 Å². The molecule has 3 aliphatic rings. The Morgan fingerprint density at radius 3 is 2.57 bits per heavy atom. The number of carbonyl (C=O) groups excluding carboxylic acids is 1. The second-order valence-electron chi connectivity index (χ2n) is 6.74. The molecule has 4 atom stereocenters. The first-order chi connectivity index (χ1) is 10.1. The topological polar surface area (TPSA) is 66.4 Å². The molecule has 2 bridgehead atoms. The van der Waals surface area contributed by atoms with Gasteiger partial charge in [0.2, 0.25) is 5.91 Å². The normalized spacial score (nSPS) is 35.3. The van der Waals surface area contributed by atoms with E-state index in [0.29, 0.717) is 18.4 Å². The molecular weight excluding hydrogens is 266 g/mol. The van der Waals surface area contributed by atoms with Crippen molar-refractivity contribution in [2.45, 2.75) is 25.8 Å². The van der Waals surface area contributed by atoms with Crippen LogP contribution in [0.15, 0.2) is 24.3 Å². The van der Waals surface area contributed by atoms with Crippen LogP contribution in [-0.2, 0) is 11.3 Å². The first kappa shape index (κ1) is 12.9. The number of carbonyl (C=O) groups is 2. The van der Waals surface area contributed by atoms with Crippen molar-refractivity contribution in [3.63, 3.8) is 0 Å². The van der Waals surface area contributed by atoms with Crippen molar-refractivity contribution in [3.8, 4) is 0 Å². The minimum Gasteiger partial charge on any atom is -0.478 e. The molecule has 1 aromatic rings. The second-order valence-corrected chi connectivity index (χ2v) is 6.74. The third-order valence-corrected chi connectivity index (χ3v) is 5.68. The van der Waals surface area contributed by atoms with Crippen LogP contribution in [0, 0.1) is 29.6 Å². The number of carboxylic acids is 1. The number of carboxylic acid groups (broad SMARTS) is 1. The van der Waals surface area contributed by atoms with Crippen molar-refractivity contribution in [2.24, 2.45) is 29.6 Å². The van der Waals surface area contributed by atoms with Crippen LogP contribution in [0.4, 0.5) is 0 Å². The zero-order valence-corrected chi connectivity index (χ0v) is 11.8. The third-order valence-electron chi connectivity index (χ3n) is 5.68. The Morgan fingerprint density at radius 1 is 1.19 bits per heavy atom. The van der Waals surface area contributed by atoms with Gasteiger partial charge in [-0.05, 0) is 60.6 Å². The van der Waals surface area contributed by atoms with E-state index >= 15 is 0 Å². The summed E-state index contributed by atoms with van der Waals surface area (Å²) in [5, 5.41) is 12.0. The van der Waals surface area contributed by atoms with E-state index in [-0.39, 0.29) is 17.4 Å². The van der Waals surface area contributed by atoms with Crippen LogP contribution in [0.1, 0.15) is 35.2 Å². The largest absolute Gasteiger partial charge is 0.478 e. The van der Waals surface area contributed by atoms with Gasteiger partial charge in [-0.15, -0.1) is 0 Å². The lowest BCUT2D eigenvalue weighted by atomic mass is 10.0. The van der Waals surface area contributed by atoms with E-state index in [2.05, 4.69) is 5.32 Å². The van der Waals surface area contributed by atoms with Gasteiger partial charge in [-0.1, -0.05) is 12.1 Å². The van der Waals surface area contributed by atoms with Crippen molar-refractivity contribution in [1.29, 1.82) is 0 Å². The zero-order valence-electron chi connectivity index (χ0n) is 11.8. The van der Waals surface area contributed by atoms with Gasteiger partial charge in [0.05, 0.1) is 5.56 Å². The van der Waals surface area contributed by atoms with Gasteiger partial charge in [-0.25, -0.2) is 4.79 Å². The maximum Gasteiger partial charge on any atom is 0.335 e. The van der Waals surface area contributed by atoms with Gasteiger partial charge in [0.1, 0.15) is 0 Å². The number of fused-ring (bicyclic) bond motifs is 5. The molecule has 4 rings (SSSR count). The number of hydrogen-bond donors (Lipinski definition) is 2. The minimum atomic E-state index is -0.934. The van der Waals surface area contributed by atoms with Gasteiger partial charge in [0.25, 0.3) is 0 Å². The summed E-state index contributed by atoms with van der Waals surface area (Å²) in [6.45, 7) is 0.422. The second kappa shape index (κ2) is 4.58. The molecule has 1 aromatic carbocycles. The molecule has 3 aliphatic carbocycles. The number of benzene rings is 1. The molecule has 0 heterocycles. The molecule has 3 saturated carbocycles. The first-order valence-electron chi connectivity index (χ1n) is 7.75. The summed E-state index contributed by atoms with van der Waals surface area (Å²) < 4.78 is 0. The molecule has 1 amide bonds. The maximum absolute atomic E-state index is 12.3. The quantitative estimate of drug-likeness (QED) is 0.892. The fraction of sp³-hybridized carbons (Fsp3) is 0.529. The monoisotopic (exact) mass is 285 g/mol. The van der Waals surface area contributed by atoms with Gasteiger partial charge < -0.3 is 10.4 Å². The van der Waals surface area contributed by atoms with Gasteiger partial charge in [-0.2, -0.15) is 0 Å². The molecule has 0 saturated heterocycles. The van der Waals surface area contributed by atoms with Crippen LogP contribution in [0.3, 0.4) is 0 Å². The molecule has 0 aromatic heterocycles. The highest BCUT2D eigenvalue weighted by atomic mass is 16.4. The summed E-state index contributed by atoms with van der Waals surface area (Å²) >= 11 is 0. The summed E-state index contributed by atoms with van der Waals surface area (Å²) in [5.74, 6) is 2.36. The lowest BCUT2D eigenvalue weighted by Gasteiger charge is -2.10. The molecule has 3 fully saturated rings. The highest BCUT2D eigenvalue weighted by Gasteiger charge is 2.67. The van der Waals surface area contributed by atoms with Crippen molar-refractivity contribution >= 4 is 11.9 Å². The smallest absolute Gasteiger partial charge is 0.335 e. The van der Waals surface area contributed by atoms with E-state index < -0.39 is 5.97 Å². The minimum absolute atomic E-state index is 0.169. The number of rotatable bonds is 4. The van der Waals surface area contributed by atoms with Gasteiger partial charge >= 0.3 is 5.97 Å². The van der Waals surface area contributed by atoms with Gasteiger partial charge in [0, 0.05) is 12.5 Å². The number of amides is 1. The molecule has 110 valence electrons. The van der Waals surface area contributed by atoms with E-state index in [9.17, 15) is 9.59 Å². The maximum atomic E-state index is 12.3. The summed E-state index contributed by atoms with van der Waals surface area (Å²) in [7, 11) is 0. The molecule has 2 N–H and O–H groups in total. The third kappa shape index (κ3) is 2.04. The lowest BCUT2D eigenvalue weighted by molar-refractivity contribution is -0.123. The highest BCUT2D eigenvalue weighted by Crippen LogP contribution is 2.69. The predicted molar refractivity (Wildman–Crippen MR) is 76.5 cm³/mol. The van der Waals surface area contributed by atoms with E-state index in [4.69, 9.17) is 5.11 Å². The standard InChI is InChI=1S/C17H19NO3/c19-16(15-13-10-4-5-11(7-10)14(13)15)18-8-9-2-1-3-12(6-9)17(20)21/h1-3,6,10-11,13-15H,4-5,7-8H2,(H,18,19)(H,20,21). The molecule has 0 aliphatic heterocycles. The SMILES string of the molecule is O=C(O)c1cccc(CNC(=O)C2C3C4CCC(C4)C23)c1. The molecule has 4 unspecified atom stereocenters. The van der Waals surface area contributed by atoms with Crippen LogP contribution in [-0.4, -0.2) is 17.0 Å². The Bertz CT molecular complexity index is 596. The fourth-order valence-electron chi connectivity index (χ4n) is 4.80. The summed E-state index contributed by atoms with van der Waals surface area (Å²) in [5.41, 5.74) is 1.11. The van der Waals surface area contributed by atoms with Crippen LogP contribution in [0.25, 0.3) is 0 Å². The average Bonchev–Trinajstić information content (AvgIpc) is 2.93. The molecule has 0 spiro atoms. The Morgan fingerprint density at radius 2 is 1.90 bits per heavy atom. The lowest BCUT2D eigenvalue weighted by Crippen LogP contribution is -2.27. The van der Waals surface area contributed by atoms with E-state index in [1.807, 2.05) is 6.07 Å². The van der Waals surface area contributed by atoms with E-state index in [1.165, 1.54) is 19.3 Å². The number of aromatic carboxylic acids is 1. The van der Waals surface area contributed by atoms with Crippen LogP contribution in [0.2, 0.25) is 0 Å². The molecular formula is C17H19NO3. The summed E-state index contributed by atoms with van der Waals surface area (Å²) in [6, 6.07) is 6.76. The van der Waals surface area contributed by atoms with Crippen LogP contribution in [0.5, 0.6) is 0 Å². The fourth-order valence-corrected chi connectivity index (χ4v) is 4.80. The Hall–Kier alpha value is -1.84. The van der Waals surface area contributed by atoms with Gasteiger partial charge in [0.15, 0.2) is 0 Å². The molecule has 4 heteroatoms. The molecule has 21 heavy (non-hydrogen) atoms. The Labute approximate surface area is 123 Å². The number of hydrogen-bond acceptors (Lipinski definition) is 2. The van der Waals surface area contributed by atoms with Crippen LogP contribution < -0.4 is 5.32 Å². The first-order valence-corrected chi connectivity index (χ1v) is 7.75. The summed E-state index contributed by atoms with van der Waals surface area (Å²) in [6.07, 6.45) is 3.98. The van der Waals surface area contributed by atoms with Crippen molar-refractivity contribution < 1.29 is 14.7 Å². The highest BCUT2D eigenvalue weighted by molar-refractivity contribution is 5.87. The van der Waals surface area contributed by atoms with E-state index in [1.54, 1.807) is 18.2 Å².